The first-order valence-corrected chi connectivity index (χ1v) is 8.67. The van der Waals surface area contributed by atoms with Crippen LogP contribution in [0.2, 0.25) is 0 Å². The summed E-state index contributed by atoms with van der Waals surface area (Å²) in [6, 6.07) is 13.2. The van der Waals surface area contributed by atoms with Crippen molar-refractivity contribution < 1.29 is 14.3 Å². The van der Waals surface area contributed by atoms with Crippen molar-refractivity contribution in [1.29, 1.82) is 0 Å². The van der Waals surface area contributed by atoms with Crippen LogP contribution >= 0.6 is 15.9 Å². The van der Waals surface area contributed by atoms with Gasteiger partial charge in [-0.25, -0.2) is 4.79 Å². The Balaban J connectivity index is 1.94. The molecule has 0 saturated carbocycles. The number of nitrogens with one attached hydrogen (secondary N) is 1. The normalized spacial score (nSPS) is 12.0. The lowest BCUT2D eigenvalue weighted by molar-refractivity contribution is -0.148. The van der Waals surface area contributed by atoms with E-state index in [4.69, 9.17) is 4.74 Å². The zero-order valence-corrected chi connectivity index (χ0v) is 16.0. The summed E-state index contributed by atoms with van der Waals surface area (Å²) in [4.78, 5) is 24.1. The fourth-order valence-electron chi connectivity index (χ4n) is 2.22. The van der Waals surface area contributed by atoms with E-state index in [2.05, 4.69) is 21.2 Å². The molecule has 0 aliphatic heterocycles. The highest BCUT2D eigenvalue weighted by molar-refractivity contribution is 9.10. The Labute approximate surface area is 156 Å². The molecule has 0 heterocycles. The highest BCUT2D eigenvalue weighted by atomic mass is 79.9. The van der Waals surface area contributed by atoms with E-state index < -0.39 is 12.1 Å². The van der Waals surface area contributed by atoms with Gasteiger partial charge in [0.05, 0.1) is 0 Å². The first kappa shape index (κ1) is 18.9. The largest absolute Gasteiger partial charge is 0.449 e. The fourth-order valence-corrected chi connectivity index (χ4v) is 2.64. The highest BCUT2D eigenvalue weighted by Gasteiger charge is 2.17. The Morgan fingerprint density at radius 2 is 1.88 bits per heavy atom. The summed E-state index contributed by atoms with van der Waals surface area (Å²) in [6.07, 6.45) is 2.05. The van der Waals surface area contributed by atoms with Crippen LogP contribution in [0.5, 0.6) is 0 Å². The van der Waals surface area contributed by atoms with Gasteiger partial charge in [0.1, 0.15) is 0 Å². The topological polar surface area (TPSA) is 55.4 Å². The van der Waals surface area contributed by atoms with Gasteiger partial charge < -0.3 is 10.1 Å². The molecule has 2 aromatic rings. The number of aryl methyl sites for hydroxylation is 2. The molecule has 2 aromatic carbocycles. The molecule has 25 heavy (non-hydrogen) atoms. The number of rotatable bonds is 5. The van der Waals surface area contributed by atoms with E-state index in [1.807, 2.05) is 56.3 Å². The SMILES string of the molecule is Cc1ccc(NC(=O)[C@@H](C)OC(=O)/C=C/c2ccccc2Br)c(C)c1. The van der Waals surface area contributed by atoms with Crippen LogP contribution < -0.4 is 5.32 Å². The van der Waals surface area contributed by atoms with E-state index in [9.17, 15) is 9.59 Å². The van der Waals surface area contributed by atoms with Gasteiger partial charge in [-0.1, -0.05) is 51.8 Å². The van der Waals surface area contributed by atoms with E-state index in [1.165, 1.54) is 6.08 Å². The van der Waals surface area contributed by atoms with Gasteiger partial charge in [-0.05, 0) is 50.1 Å². The van der Waals surface area contributed by atoms with E-state index in [-0.39, 0.29) is 5.91 Å². The monoisotopic (exact) mass is 401 g/mol. The third-order valence-corrected chi connectivity index (χ3v) is 4.33. The predicted octanol–water partition coefficient (Wildman–Crippen LogP) is 4.65. The lowest BCUT2D eigenvalue weighted by atomic mass is 10.1. The maximum Gasteiger partial charge on any atom is 0.331 e. The molecule has 130 valence electrons. The molecule has 0 aliphatic rings. The highest BCUT2D eigenvalue weighted by Crippen LogP contribution is 2.18. The Morgan fingerprint density at radius 1 is 1.16 bits per heavy atom. The molecule has 0 bridgehead atoms. The molecule has 1 N–H and O–H groups in total. The Hall–Kier alpha value is -2.40. The van der Waals surface area contributed by atoms with E-state index in [0.717, 1.165) is 21.2 Å². The average molecular weight is 402 g/mol. The summed E-state index contributed by atoms with van der Waals surface area (Å²) in [5.74, 6) is -0.936. The molecule has 2 rings (SSSR count). The summed E-state index contributed by atoms with van der Waals surface area (Å²) in [5.41, 5.74) is 3.64. The van der Waals surface area contributed by atoms with Gasteiger partial charge in [0.2, 0.25) is 0 Å². The Bertz CT molecular complexity index is 814. The molecule has 4 nitrogen and oxygen atoms in total. The van der Waals surface area contributed by atoms with Crippen molar-refractivity contribution in [3.05, 3.63) is 69.7 Å². The van der Waals surface area contributed by atoms with Gasteiger partial charge >= 0.3 is 5.97 Å². The summed E-state index contributed by atoms with van der Waals surface area (Å²) >= 11 is 3.40. The average Bonchev–Trinajstić information content (AvgIpc) is 2.56. The molecule has 0 spiro atoms. The number of esters is 1. The van der Waals surface area contributed by atoms with E-state index >= 15 is 0 Å². The molecule has 0 fully saturated rings. The molecule has 1 amide bonds. The van der Waals surface area contributed by atoms with Gasteiger partial charge in [0, 0.05) is 16.2 Å². The molecule has 0 unspecified atom stereocenters. The molecule has 1 atom stereocenters. The number of halogens is 1. The van der Waals surface area contributed by atoms with Gasteiger partial charge in [0.15, 0.2) is 6.10 Å². The van der Waals surface area contributed by atoms with Crippen molar-refractivity contribution in [2.45, 2.75) is 26.9 Å². The van der Waals surface area contributed by atoms with Crippen molar-refractivity contribution in [2.75, 3.05) is 5.32 Å². The first-order chi connectivity index (χ1) is 11.9. The maximum absolute atomic E-state index is 12.2. The van der Waals surface area contributed by atoms with Crippen LogP contribution in [0.25, 0.3) is 6.08 Å². The van der Waals surface area contributed by atoms with Gasteiger partial charge in [-0.15, -0.1) is 0 Å². The number of carbonyl (C=O) groups excluding carboxylic acids is 2. The van der Waals surface area contributed by atoms with Gasteiger partial charge in [0.25, 0.3) is 5.91 Å². The summed E-state index contributed by atoms with van der Waals surface area (Å²) in [5, 5.41) is 2.78. The minimum atomic E-state index is -0.892. The number of benzene rings is 2. The third kappa shape index (κ3) is 5.57. The van der Waals surface area contributed by atoms with E-state index in [1.54, 1.807) is 13.0 Å². The quantitative estimate of drug-likeness (QED) is 0.585. The number of hydrogen-bond acceptors (Lipinski definition) is 3. The zero-order valence-electron chi connectivity index (χ0n) is 14.4. The summed E-state index contributed by atoms with van der Waals surface area (Å²) in [7, 11) is 0. The van der Waals surface area contributed by atoms with Crippen molar-refractivity contribution >= 4 is 39.6 Å². The van der Waals surface area contributed by atoms with Crippen molar-refractivity contribution in [1.82, 2.24) is 0 Å². The Kier molecular flexibility index (Phi) is 6.53. The molecule has 0 radical (unpaired) electrons. The second kappa shape index (κ2) is 8.62. The van der Waals surface area contributed by atoms with Crippen LogP contribution in [0.15, 0.2) is 53.0 Å². The predicted molar refractivity (Wildman–Crippen MR) is 103 cm³/mol. The van der Waals surface area contributed by atoms with Crippen molar-refractivity contribution in [3.8, 4) is 0 Å². The van der Waals surface area contributed by atoms with Crippen molar-refractivity contribution in [2.24, 2.45) is 0 Å². The standard InChI is InChI=1S/C20H20BrNO3/c1-13-8-10-18(14(2)12-13)22-20(24)15(3)25-19(23)11-9-16-6-4-5-7-17(16)21/h4-12,15H,1-3H3,(H,22,24)/b11-9+/t15-/m1/s1. The second-order valence-corrected chi connectivity index (χ2v) is 6.60. The Morgan fingerprint density at radius 3 is 2.56 bits per heavy atom. The van der Waals surface area contributed by atoms with Crippen LogP contribution in [-0.4, -0.2) is 18.0 Å². The minimum absolute atomic E-state index is 0.366. The summed E-state index contributed by atoms with van der Waals surface area (Å²) < 4.78 is 6.03. The van der Waals surface area contributed by atoms with Crippen LogP contribution in [0.3, 0.4) is 0 Å². The summed E-state index contributed by atoms with van der Waals surface area (Å²) in [6.45, 7) is 5.45. The number of anilines is 1. The fraction of sp³-hybridized carbons (Fsp3) is 0.200. The molecule has 0 aliphatic carbocycles. The number of carbonyl (C=O) groups is 2. The van der Waals surface area contributed by atoms with Crippen molar-refractivity contribution in [3.63, 3.8) is 0 Å². The van der Waals surface area contributed by atoms with Crippen LogP contribution in [-0.2, 0) is 14.3 Å². The third-order valence-electron chi connectivity index (χ3n) is 3.61. The van der Waals surface area contributed by atoms with Gasteiger partial charge in [-0.2, -0.15) is 0 Å². The molecular formula is C20H20BrNO3. The second-order valence-electron chi connectivity index (χ2n) is 5.74. The zero-order chi connectivity index (χ0) is 18.4. The molecule has 5 heteroatoms. The number of amides is 1. The smallest absolute Gasteiger partial charge is 0.331 e. The lowest BCUT2D eigenvalue weighted by Crippen LogP contribution is -2.29. The van der Waals surface area contributed by atoms with E-state index in [0.29, 0.717) is 5.69 Å². The first-order valence-electron chi connectivity index (χ1n) is 7.88. The molecular weight excluding hydrogens is 382 g/mol. The minimum Gasteiger partial charge on any atom is -0.449 e. The lowest BCUT2D eigenvalue weighted by Gasteiger charge is -2.14. The number of ether oxygens (including phenoxy) is 1. The maximum atomic E-state index is 12.2. The van der Waals surface area contributed by atoms with Crippen LogP contribution in [0.4, 0.5) is 5.69 Å². The van der Waals surface area contributed by atoms with Crippen LogP contribution in [0.1, 0.15) is 23.6 Å². The van der Waals surface area contributed by atoms with Crippen LogP contribution in [0, 0.1) is 13.8 Å². The molecule has 0 saturated heterocycles. The van der Waals surface area contributed by atoms with Gasteiger partial charge in [-0.3, -0.25) is 4.79 Å². The number of hydrogen-bond donors (Lipinski definition) is 1. The molecule has 0 aromatic heterocycles.